The van der Waals surface area contributed by atoms with Crippen molar-refractivity contribution in [2.24, 2.45) is 0 Å². The first kappa shape index (κ1) is 25.1. The molecule has 3 aromatic carbocycles. The van der Waals surface area contributed by atoms with Crippen molar-refractivity contribution in [3.8, 4) is 5.75 Å². The smallest absolute Gasteiger partial charge is 0.248 e. The molecule has 184 valence electrons. The van der Waals surface area contributed by atoms with E-state index in [1.54, 1.807) is 24.3 Å². The van der Waals surface area contributed by atoms with Crippen LogP contribution in [0.15, 0.2) is 79.1 Å². The number of hydrogen-bond donors (Lipinski definition) is 2. The van der Waals surface area contributed by atoms with Gasteiger partial charge in [0.15, 0.2) is 0 Å². The molecule has 0 aliphatic rings. The number of likely N-dealkylation sites (N-methyl/N-ethyl adjacent to an activating group) is 1. The zero-order valence-corrected chi connectivity index (χ0v) is 20.6. The van der Waals surface area contributed by atoms with Crippen LogP contribution >= 0.6 is 11.6 Å². The monoisotopic (exact) mass is 505 g/mol. The summed E-state index contributed by atoms with van der Waals surface area (Å²) in [4.78, 5) is 23.3. The Morgan fingerprint density at radius 1 is 1.14 bits per heavy atom. The third kappa shape index (κ3) is 6.35. The molecule has 2 N–H and O–H groups in total. The van der Waals surface area contributed by atoms with E-state index in [1.807, 2.05) is 25.2 Å². The Bertz CT molecular complexity index is 1400. The van der Waals surface area contributed by atoms with Gasteiger partial charge in [-0.25, -0.2) is 14.4 Å². The molecule has 4 aromatic rings. The number of nitrogens with zero attached hydrogens (tertiary/aromatic N) is 3. The molecule has 0 saturated heterocycles. The van der Waals surface area contributed by atoms with Crippen LogP contribution in [0.25, 0.3) is 10.9 Å². The maximum absolute atomic E-state index is 13.5. The van der Waals surface area contributed by atoms with Crippen LogP contribution in [0.3, 0.4) is 0 Å². The minimum atomic E-state index is -0.510. The zero-order chi connectivity index (χ0) is 25.5. The van der Waals surface area contributed by atoms with E-state index in [9.17, 15) is 9.18 Å². The Labute approximate surface area is 213 Å². The van der Waals surface area contributed by atoms with E-state index in [0.29, 0.717) is 40.4 Å². The van der Waals surface area contributed by atoms with Crippen LogP contribution in [0, 0.1) is 5.82 Å². The van der Waals surface area contributed by atoms with Crippen molar-refractivity contribution in [3.05, 3.63) is 95.5 Å². The average Bonchev–Trinajstić information content (AvgIpc) is 2.87. The summed E-state index contributed by atoms with van der Waals surface area (Å²) in [5.74, 6) is 0.125. The molecule has 0 bridgehead atoms. The molecular weight excluding hydrogens is 481 g/mol. The van der Waals surface area contributed by atoms with Gasteiger partial charge in [0.05, 0.1) is 23.3 Å². The van der Waals surface area contributed by atoms with Crippen molar-refractivity contribution >= 4 is 45.6 Å². The van der Waals surface area contributed by atoms with E-state index in [0.717, 1.165) is 6.54 Å². The summed E-state index contributed by atoms with van der Waals surface area (Å²) in [6, 6.07) is 17.9. The minimum absolute atomic E-state index is 0.00539. The van der Waals surface area contributed by atoms with E-state index in [1.165, 1.54) is 37.2 Å². The predicted molar refractivity (Wildman–Crippen MR) is 141 cm³/mol. The lowest BCUT2D eigenvalue weighted by Gasteiger charge is -2.14. The summed E-state index contributed by atoms with van der Waals surface area (Å²) in [7, 11) is 3.51. The van der Waals surface area contributed by atoms with Gasteiger partial charge in [-0.1, -0.05) is 48.0 Å². The van der Waals surface area contributed by atoms with Crippen molar-refractivity contribution < 1.29 is 13.9 Å². The average molecular weight is 506 g/mol. The molecule has 0 aliphatic heterocycles. The van der Waals surface area contributed by atoms with Gasteiger partial charge < -0.3 is 15.4 Å². The number of methoxy groups -OCH3 is 1. The third-order valence-electron chi connectivity index (χ3n) is 5.38. The summed E-state index contributed by atoms with van der Waals surface area (Å²) in [5.41, 5.74) is 2.83. The zero-order valence-electron chi connectivity index (χ0n) is 19.8. The predicted octanol–water partition coefficient (Wildman–Crippen LogP) is 5.80. The molecule has 0 spiro atoms. The first-order valence-corrected chi connectivity index (χ1v) is 11.6. The van der Waals surface area contributed by atoms with Crippen LogP contribution in [-0.4, -0.2) is 41.5 Å². The topological polar surface area (TPSA) is 79.4 Å². The second kappa shape index (κ2) is 11.6. The van der Waals surface area contributed by atoms with Crippen LogP contribution in [0.5, 0.6) is 5.75 Å². The molecule has 1 heterocycles. The number of rotatable bonds is 9. The largest absolute Gasteiger partial charge is 0.494 e. The van der Waals surface area contributed by atoms with Crippen molar-refractivity contribution in [2.75, 3.05) is 31.3 Å². The summed E-state index contributed by atoms with van der Waals surface area (Å²) in [5, 5.41) is 6.62. The van der Waals surface area contributed by atoms with Crippen molar-refractivity contribution in [1.29, 1.82) is 0 Å². The molecule has 9 heteroatoms. The quantitative estimate of drug-likeness (QED) is 0.280. The number of carbonyl (C=O) groups is 1. The highest BCUT2D eigenvalue weighted by atomic mass is 35.5. The lowest BCUT2D eigenvalue weighted by atomic mass is 10.1. The van der Waals surface area contributed by atoms with Gasteiger partial charge in [-0.2, -0.15) is 0 Å². The van der Waals surface area contributed by atoms with E-state index >= 15 is 0 Å². The van der Waals surface area contributed by atoms with Gasteiger partial charge in [-0.15, -0.1) is 0 Å². The lowest BCUT2D eigenvalue weighted by Crippen LogP contribution is -2.18. The van der Waals surface area contributed by atoms with Crippen molar-refractivity contribution in [3.63, 3.8) is 0 Å². The maximum Gasteiger partial charge on any atom is 0.248 e. The molecule has 0 saturated carbocycles. The first-order chi connectivity index (χ1) is 17.4. The van der Waals surface area contributed by atoms with Crippen LogP contribution in [-0.2, 0) is 11.3 Å². The molecule has 0 radical (unpaired) electrons. The summed E-state index contributed by atoms with van der Waals surface area (Å²) < 4.78 is 19.0. The summed E-state index contributed by atoms with van der Waals surface area (Å²) >= 11 is 5.90. The van der Waals surface area contributed by atoms with Gasteiger partial charge in [0, 0.05) is 36.3 Å². The Kier molecular flexibility index (Phi) is 8.10. The number of hydrogen-bond acceptors (Lipinski definition) is 6. The maximum atomic E-state index is 13.5. The van der Waals surface area contributed by atoms with Gasteiger partial charge in [-0.05, 0) is 36.9 Å². The number of nitrogens with one attached hydrogen (secondary N) is 2. The molecule has 4 rings (SSSR count). The van der Waals surface area contributed by atoms with Gasteiger partial charge in [0.25, 0.3) is 0 Å². The van der Waals surface area contributed by atoms with E-state index in [2.05, 4.69) is 37.6 Å². The standard InChI is InChI=1S/C27H25ClFN5O2/c1-34(16-18-7-4-3-5-8-18)12-6-9-26(35)33-24-14-20-23(15-25(24)36-2)30-17-31-27(20)32-19-10-11-22(29)21(28)13-19/h3-11,13-15,17H,12,16H2,1-2H3,(H,33,35)(H,30,31,32). The Hall–Kier alpha value is -4.01. The summed E-state index contributed by atoms with van der Waals surface area (Å²) in [6.45, 7) is 1.39. The van der Waals surface area contributed by atoms with Gasteiger partial charge in [0.1, 0.15) is 23.7 Å². The Morgan fingerprint density at radius 2 is 1.94 bits per heavy atom. The number of fused-ring (bicyclic) bond motifs is 1. The van der Waals surface area contributed by atoms with Gasteiger partial charge in [-0.3, -0.25) is 9.69 Å². The van der Waals surface area contributed by atoms with Crippen LogP contribution < -0.4 is 15.4 Å². The van der Waals surface area contributed by atoms with Crippen molar-refractivity contribution in [1.82, 2.24) is 14.9 Å². The van der Waals surface area contributed by atoms with Gasteiger partial charge >= 0.3 is 0 Å². The fraction of sp³-hybridized carbons (Fsp3) is 0.148. The fourth-order valence-corrected chi connectivity index (χ4v) is 3.81. The SMILES string of the molecule is COc1cc2ncnc(Nc3ccc(F)c(Cl)c3)c2cc1NC(=O)C=CCN(C)Cc1ccccc1. The number of ether oxygens (including phenoxy) is 1. The number of benzene rings is 3. The van der Waals surface area contributed by atoms with E-state index < -0.39 is 5.82 Å². The van der Waals surface area contributed by atoms with Gasteiger partial charge in [0.2, 0.25) is 5.91 Å². The first-order valence-electron chi connectivity index (χ1n) is 11.2. The molecule has 1 aromatic heterocycles. The number of carbonyl (C=O) groups excluding carboxylic acids is 1. The summed E-state index contributed by atoms with van der Waals surface area (Å²) in [6.07, 6.45) is 4.70. The number of amides is 1. The van der Waals surface area contributed by atoms with Crippen molar-refractivity contribution in [2.45, 2.75) is 6.54 Å². The molecule has 7 nitrogen and oxygen atoms in total. The molecule has 0 atom stereocenters. The number of halogens is 2. The molecule has 0 fully saturated rings. The highest BCUT2D eigenvalue weighted by molar-refractivity contribution is 6.31. The van der Waals surface area contributed by atoms with Crippen LogP contribution in [0.4, 0.5) is 21.6 Å². The van der Waals surface area contributed by atoms with Crippen LogP contribution in [0.2, 0.25) is 5.02 Å². The Morgan fingerprint density at radius 3 is 2.69 bits per heavy atom. The van der Waals surface area contributed by atoms with E-state index in [-0.39, 0.29) is 10.9 Å². The molecule has 0 aliphatic carbocycles. The van der Waals surface area contributed by atoms with E-state index in [4.69, 9.17) is 16.3 Å². The highest BCUT2D eigenvalue weighted by Gasteiger charge is 2.13. The third-order valence-corrected chi connectivity index (χ3v) is 5.67. The molecule has 0 unspecified atom stereocenters. The fourth-order valence-electron chi connectivity index (χ4n) is 3.63. The van der Waals surface area contributed by atoms with Crippen LogP contribution in [0.1, 0.15) is 5.56 Å². The Balaban J connectivity index is 1.49. The lowest BCUT2D eigenvalue weighted by molar-refractivity contribution is -0.111. The minimum Gasteiger partial charge on any atom is -0.494 e. The number of aromatic nitrogens is 2. The second-order valence-electron chi connectivity index (χ2n) is 8.12. The molecule has 1 amide bonds. The highest BCUT2D eigenvalue weighted by Crippen LogP contribution is 2.33. The number of anilines is 3. The normalized spacial score (nSPS) is 11.2. The second-order valence-corrected chi connectivity index (χ2v) is 8.53. The molecule has 36 heavy (non-hydrogen) atoms. The molecular formula is C27H25ClFN5O2.